The third-order valence-corrected chi connectivity index (χ3v) is 13.3. The third kappa shape index (κ3) is 17.1. The SMILES string of the molecule is CC[C@@H](C(=O)N[C@@H](CC(=O)O)C(=O)COc1c(F)ccc(F)c1F)c1ccnn(Cc2ccccc2C(C)(C)C)c1=O.CC[C@H](C(=O)N[C@@H](CC(=O)O)C(=O)COc1c(F)ccc(F)c1F)c1ccnn(Cc2ccccc2C(C)(C)C)c1=O. The lowest BCUT2D eigenvalue weighted by Crippen LogP contribution is -2.46. The van der Waals surface area contributed by atoms with E-state index in [0.29, 0.717) is 24.3 Å². The highest BCUT2D eigenvalue weighted by molar-refractivity contribution is 5.95. The summed E-state index contributed by atoms with van der Waals surface area (Å²) in [4.78, 5) is 102. The molecule has 6 rings (SSSR count). The topological polar surface area (TPSA) is 255 Å². The highest BCUT2D eigenvalue weighted by atomic mass is 19.2. The van der Waals surface area contributed by atoms with E-state index >= 15 is 0 Å². The van der Waals surface area contributed by atoms with Crippen molar-refractivity contribution in [1.82, 2.24) is 30.2 Å². The van der Waals surface area contributed by atoms with E-state index in [2.05, 4.69) is 20.8 Å². The summed E-state index contributed by atoms with van der Waals surface area (Å²) in [6.07, 6.45) is 1.25. The minimum atomic E-state index is -1.66. The zero-order valence-corrected chi connectivity index (χ0v) is 47.2. The number of carbonyl (C=O) groups is 6. The second-order valence-electron chi connectivity index (χ2n) is 21.4. The molecule has 0 bridgehead atoms. The molecule has 18 nitrogen and oxygen atoms in total. The van der Waals surface area contributed by atoms with Crippen molar-refractivity contribution in [2.24, 2.45) is 0 Å². The van der Waals surface area contributed by atoms with Crippen LogP contribution in [0.5, 0.6) is 11.5 Å². The fourth-order valence-electron chi connectivity index (χ4n) is 9.04. The Morgan fingerprint density at radius 2 is 0.857 bits per heavy atom. The van der Waals surface area contributed by atoms with Gasteiger partial charge in [-0.3, -0.25) is 38.4 Å². The number of hydrogen-bond donors (Lipinski definition) is 4. The van der Waals surface area contributed by atoms with Gasteiger partial charge >= 0.3 is 11.9 Å². The Morgan fingerprint density at radius 1 is 0.524 bits per heavy atom. The molecule has 4 aromatic carbocycles. The number of aromatic nitrogens is 4. The molecule has 0 saturated heterocycles. The molecule has 6 aromatic rings. The maximum Gasteiger partial charge on any atom is 0.305 e. The van der Waals surface area contributed by atoms with Gasteiger partial charge in [0, 0.05) is 23.5 Å². The highest BCUT2D eigenvalue weighted by Crippen LogP contribution is 2.29. The number of rotatable bonds is 24. The molecule has 0 fully saturated rings. The molecule has 448 valence electrons. The molecule has 4 N–H and O–H groups in total. The number of halogens is 6. The van der Waals surface area contributed by atoms with Crippen LogP contribution in [0.2, 0.25) is 0 Å². The summed E-state index contributed by atoms with van der Waals surface area (Å²) in [5.74, 6) is -19.7. The summed E-state index contributed by atoms with van der Waals surface area (Å²) >= 11 is 0. The zero-order chi connectivity index (χ0) is 62.4. The minimum absolute atomic E-state index is 0.0833. The van der Waals surface area contributed by atoms with Crippen molar-refractivity contribution in [1.29, 1.82) is 0 Å². The molecule has 2 amide bonds. The van der Waals surface area contributed by atoms with Gasteiger partial charge in [-0.2, -0.15) is 19.0 Å². The Kier molecular flexibility index (Phi) is 22.6. The second kappa shape index (κ2) is 28.8. The molecule has 0 saturated carbocycles. The third-order valence-electron chi connectivity index (χ3n) is 13.3. The molecule has 0 radical (unpaired) electrons. The molecular formula is C60H64F6N6O12. The molecule has 0 aliphatic heterocycles. The first kappa shape index (κ1) is 65.8. The van der Waals surface area contributed by atoms with Crippen LogP contribution in [-0.2, 0) is 52.7 Å². The number of carbonyl (C=O) groups excluding carboxylic acids is 4. The van der Waals surface area contributed by atoms with Gasteiger partial charge < -0.3 is 30.3 Å². The highest BCUT2D eigenvalue weighted by Gasteiger charge is 2.33. The summed E-state index contributed by atoms with van der Waals surface area (Å²) in [5.41, 5.74) is 2.46. The Labute approximate surface area is 478 Å². The van der Waals surface area contributed by atoms with Gasteiger partial charge in [0.25, 0.3) is 11.1 Å². The maximum atomic E-state index is 13.9. The molecule has 0 aliphatic carbocycles. The van der Waals surface area contributed by atoms with Gasteiger partial charge in [-0.25, -0.2) is 26.9 Å². The van der Waals surface area contributed by atoms with Gasteiger partial charge in [0.1, 0.15) is 25.3 Å². The van der Waals surface area contributed by atoms with Crippen molar-refractivity contribution < 1.29 is 74.8 Å². The number of nitrogens with zero attached hydrogens (tertiary/aromatic N) is 4. The fourth-order valence-corrected chi connectivity index (χ4v) is 9.04. The van der Waals surface area contributed by atoms with Crippen LogP contribution in [0.3, 0.4) is 0 Å². The van der Waals surface area contributed by atoms with Gasteiger partial charge in [-0.05, 0) is 82.3 Å². The number of amides is 2. The Hall–Kier alpha value is -8.96. The summed E-state index contributed by atoms with van der Waals surface area (Å²) in [6.45, 7) is 13.7. The number of carboxylic acid groups (broad SMARTS) is 2. The van der Waals surface area contributed by atoms with Crippen molar-refractivity contribution in [3.05, 3.63) is 186 Å². The first-order valence-corrected chi connectivity index (χ1v) is 26.4. The summed E-state index contributed by atoms with van der Waals surface area (Å²) in [5, 5.41) is 31.6. The Balaban J connectivity index is 0.000000307. The molecule has 0 aliphatic rings. The van der Waals surface area contributed by atoms with Gasteiger partial charge in [0.05, 0.1) is 37.8 Å². The van der Waals surface area contributed by atoms with Gasteiger partial charge in [-0.1, -0.05) is 104 Å². The Morgan fingerprint density at radius 3 is 1.18 bits per heavy atom. The molecule has 0 unspecified atom stereocenters. The van der Waals surface area contributed by atoms with Crippen LogP contribution in [0.15, 0.2) is 107 Å². The van der Waals surface area contributed by atoms with Crippen molar-refractivity contribution in [3.8, 4) is 11.5 Å². The lowest BCUT2D eigenvalue weighted by Gasteiger charge is -2.23. The monoisotopic (exact) mass is 1170 g/mol. The van der Waals surface area contributed by atoms with E-state index in [1.807, 2.05) is 90.1 Å². The number of aliphatic carboxylic acids is 2. The number of benzene rings is 4. The van der Waals surface area contributed by atoms with Crippen LogP contribution in [-0.4, -0.2) is 90.4 Å². The number of ether oxygens (including phenoxy) is 2. The van der Waals surface area contributed by atoms with Gasteiger partial charge in [0.2, 0.25) is 23.4 Å². The molecule has 2 heterocycles. The van der Waals surface area contributed by atoms with E-state index in [1.165, 1.54) is 33.9 Å². The summed E-state index contributed by atoms with van der Waals surface area (Å²) < 4.78 is 94.6. The van der Waals surface area contributed by atoms with Crippen molar-refractivity contribution >= 4 is 35.3 Å². The lowest BCUT2D eigenvalue weighted by molar-refractivity contribution is -0.141. The van der Waals surface area contributed by atoms with Crippen LogP contribution in [0.1, 0.15) is 126 Å². The largest absolute Gasteiger partial charge is 0.481 e. The predicted octanol–water partition coefficient (Wildman–Crippen LogP) is 8.22. The van der Waals surface area contributed by atoms with E-state index in [-0.39, 0.29) is 47.9 Å². The number of Topliss-reactive ketones (excluding diaryl/α,β-unsaturated/α-hetero) is 2. The molecule has 24 heteroatoms. The van der Waals surface area contributed by atoms with Gasteiger partial charge in [0.15, 0.2) is 46.3 Å². The first-order valence-electron chi connectivity index (χ1n) is 26.4. The van der Waals surface area contributed by atoms with E-state index in [0.717, 1.165) is 22.3 Å². The zero-order valence-electron chi connectivity index (χ0n) is 47.2. The smallest absolute Gasteiger partial charge is 0.305 e. The van der Waals surface area contributed by atoms with Crippen LogP contribution < -0.4 is 31.2 Å². The number of nitrogens with one attached hydrogen (secondary N) is 2. The van der Waals surface area contributed by atoms with Gasteiger partial charge in [-0.15, -0.1) is 0 Å². The molecule has 2 aromatic heterocycles. The molecule has 4 atom stereocenters. The average molecular weight is 1180 g/mol. The quantitative estimate of drug-likeness (QED) is 0.0329. The second-order valence-corrected chi connectivity index (χ2v) is 21.4. The number of hydrogen-bond acceptors (Lipinski definition) is 12. The van der Waals surface area contributed by atoms with Crippen LogP contribution >= 0.6 is 0 Å². The molecule has 0 spiro atoms. The van der Waals surface area contributed by atoms with E-state index in [1.54, 1.807) is 13.8 Å². The van der Waals surface area contributed by atoms with Crippen molar-refractivity contribution in [3.63, 3.8) is 0 Å². The summed E-state index contributed by atoms with van der Waals surface area (Å²) in [6, 6.07) is 16.9. The van der Waals surface area contributed by atoms with Crippen LogP contribution in [0.4, 0.5) is 26.3 Å². The number of ketones is 2. The molecule has 84 heavy (non-hydrogen) atoms. The summed E-state index contributed by atoms with van der Waals surface area (Å²) in [7, 11) is 0. The van der Waals surface area contributed by atoms with Crippen LogP contribution in [0.25, 0.3) is 0 Å². The predicted molar refractivity (Wildman–Crippen MR) is 294 cm³/mol. The fraction of sp³-hybridized carbons (Fsp3) is 0.367. The Bertz CT molecular complexity index is 3300. The first-order chi connectivity index (χ1) is 39.5. The van der Waals surface area contributed by atoms with E-state index in [9.17, 15) is 74.9 Å². The normalized spacial score (nSPS) is 12.8. The average Bonchev–Trinajstić information content (AvgIpc) is 3.34. The molecular weight excluding hydrogens is 1110 g/mol. The minimum Gasteiger partial charge on any atom is -0.481 e. The van der Waals surface area contributed by atoms with E-state index < -0.39 is 143 Å². The van der Waals surface area contributed by atoms with E-state index in [4.69, 9.17) is 9.47 Å². The number of carboxylic acids is 2. The van der Waals surface area contributed by atoms with Crippen molar-refractivity contribution in [2.45, 2.75) is 129 Å². The van der Waals surface area contributed by atoms with Crippen molar-refractivity contribution in [2.75, 3.05) is 13.2 Å². The standard InChI is InChI=1S/2C30H32F3N3O6/c2*1-5-18(19-12-13-34-36(29(19)41)15-17-8-6-7-9-20(17)30(2,3)4)28(40)35-23(14-25(38)39)24(37)16-42-27-22(32)11-10-21(31)26(27)33/h2*6-13,18,23H,5,14-16H2,1-4H3,(H,35,40)(H,38,39)/t18-,23+;18-,23-/m10/s1. The van der Waals surface area contributed by atoms with Crippen LogP contribution in [0, 0.1) is 34.9 Å². The lowest BCUT2D eigenvalue weighted by atomic mass is 9.84. The maximum absolute atomic E-state index is 13.9.